The Hall–Kier alpha value is -1.46. The summed E-state index contributed by atoms with van der Waals surface area (Å²) in [6.07, 6.45) is 1.75. The summed E-state index contributed by atoms with van der Waals surface area (Å²) in [5, 5.41) is 14.8. The van der Waals surface area contributed by atoms with Crippen LogP contribution in [-0.4, -0.2) is 19.5 Å². The number of aryl methyl sites for hydroxylation is 3. The normalized spacial score (nSPS) is 9.64. The summed E-state index contributed by atoms with van der Waals surface area (Å²) in [7, 11) is 1.78. The minimum atomic E-state index is -0.190. The Kier molecular flexibility index (Phi) is 9.30. The Labute approximate surface area is 174 Å². The molecule has 0 aliphatic carbocycles. The van der Waals surface area contributed by atoms with Crippen molar-refractivity contribution in [2.45, 2.75) is 34.2 Å². The molecule has 3 aromatic rings. The summed E-state index contributed by atoms with van der Waals surface area (Å²) >= 11 is 0. The van der Waals surface area contributed by atoms with Gasteiger partial charge >= 0.3 is 0 Å². The van der Waals surface area contributed by atoms with Crippen LogP contribution >= 0.6 is 0 Å². The van der Waals surface area contributed by atoms with E-state index >= 15 is 0 Å². The Bertz CT molecular complexity index is 898. The minimum absolute atomic E-state index is 0. The van der Waals surface area contributed by atoms with E-state index in [1.165, 1.54) is 0 Å². The molecule has 25 heavy (non-hydrogen) atoms. The first-order chi connectivity index (χ1) is 11.0. The summed E-state index contributed by atoms with van der Waals surface area (Å²) in [6.45, 7) is 8.36. The van der Waals surface area contributed by atoms with Crippen molar-refractivity contribution in [3.8, 4) is 16.9 Å². The second-order valence-corrected chi connectivity index (χ2v) is 5.12. The molecule has 5 nitrogen and oxygen atoms in total. The van der Waals surface area contributed by atoms with E-state index in [9.17, 15) is 9.90 Å². The van der Waals surface area contributed by atoms with Gasteiger partial charge in [-0.15, -0.1) is 0 Å². The molecule has 1 aromatic carbocycles. The number of fused-ring (bicyclic) bond motifs is 1. The van der Waals surface area contributed by atoms with Crippen LogP contribution in [0.1, 0.15) is 26.3 Å². The van der Waals surface area contributed by atoms with Crippen molar-refractivity contribution in [2.75, 3.05) is 0 Å². The van der Waals surface area contributed by atoms with Crippen LogP contribution in [0.3, 0.4) is 0 Å². The Morgan fingerprint density at radius 1 is 1.20 bits per heavy atom. The second-order valence-electron chi connectivity index (χ2n) is 5.12. The molecule has 3 rings (SSSR count). The zero-order chi connectivity index (χ0) is 17.1. The van der Waals surface area contributed by atoms with Gasteiger partial charge in [-0.3, -0.25) is 9.48 Å². The van der Waals surface area contributed by atoms with Gasteiger partial charge in [0.25, 0.3) is 5.56 Å². The largest absolute Gasteiger partial charge is 0.505 e. The molecule has 133 valence electrons. The fourth-order valence-corrected chi connectivity index (χ4v) is 2.72. The molecular formula is C19H26N3O2Y-. The molecule has 0 saturated carbocycles. The van der Waals surface area contributed by atoms with Gasteiger partial charge in [0.2, 0.25) is 0 Å². The first kappa shape index (κ1) is 23.5. The van der Waals surface area contributed by atoms with Gasteiger partial charge in [0.1, 0.15) is 0 Å². The first-order valence-corrected chi connectivity index (χ1v) is 7.89. The first-order valence-electron chi connectivity index (χ1n) is 7.89. The summed E-state index contributed by atoms with van der Waals surface area (Å²) in [6, 6.07) is 7.54. The molecule has 0 amide bonds. The molecule has 0 saturated heterocycles. The van der Waals surface area contributed by atoms with Crippen molar-refractivity contribution in [2.24, 2.45) is 7.05 Å². The van der Waals surface area contributed by atoms with Gasteiger partial charge in [-0.05, 0) is 25.0 Å². The molecule has 2 heterocycles. The molecule has 0 unspecified atom stereocenters. The predicted octanol–water partition coefficient (Wildman–Crippen LogP) is 3.91. The molecule has 1 radical (unpaired) electrons. The van der Waals surface area contributed by atoms with Gasteiger partial charge in [-0.1, -0.05) is 38.1 Å². The SMILES string of the molecule is CC.CCn1c(=O)c(-c2ccccc2C)c(O)c2nn(C)cc21.[CH3-].[Y]. The number of nitrogens with zero attached hydrogens (tertiary/aromatic N) is 3. The summed E-state index contributed by atoms with van der Waals surface area (Å²) < 4.78 is 3.25. The van der Waals surface area contributed by atoms with Crippen molar-refractivity contribution < 1.29 is 37.8 Å². The van der Waals surface area contributed by atoms with Gasteiger partial charge in [-0.2, -0.15) is 5.10 Å². The Morgan fingerprint density at radius 2 is 1.80 bits per heavy atom. The maximum absolute atomic E-state index is 12.8. The van der Waals surface area contributed by atoms with Crippen LogP contribution < -0.4 is 5.56 Å². The van der Waals surface area contributed by atoms with E-state index in [-0.39, 0.29) is 51.4 Å². The quantitative estimate of drug-likeness (QED) is 0.644. The van der Waals surface area contributed by atoms with E-state index < -0.39 is 0 Å². The minimum Gasteiger partial charge on any atom is -0.505 e. The number of aromatic nitrogens is 3. The fourth-order valence-electron chi connectivity index (χ4n) is 2.72. The molecular weight excluding hydrogens is 391 g/mol. The third-order valence-electron chi connectivity index (χ3n) is 3.75. The molecule has 6 heteroatoms. The molecule has 0 spiro atoms. The number of benzene rings is 1. The molecule has 0 aliphatic rings. The standard InChI is InChI=1S/C16H17N3O2.C2H6.CH3.Y/c1-4-19-12-9-18(3)17-14(12)15(20)13(16(19)21)11-8-6-5-7-10(11)2;1-2;;/h5-9,20H,4H2,1-3H3;1-2H3;1H3;/q;;-1;. The molecule has 0 fully saturated rings. The number of pyridine rings is 1. The second kappa shape index (κ2) is 9.88. The van der Waals surface area contributed by atoms with Crippen molar-refractivity contribution in [3.05, 3.63) is 53.8 Å². The zero-order valence-corrected chi connectivity index (χ0v) is 18.7. The van der Waals surface area contributed by atoms with Gasteiger partial charge < -0.3 is 17.1 Å². The molecule has 2 aromatic heterocycles. The number of hydrogen-bond acceptors (Lipinski definition) is 3. The number of rotatable bonds is 2. The van der Waals surface area contributed by atoms with Crippen LogP contribution in [0.2, 0.25) is 0 Å². The summed E-state index contributed by atoms with van der Waals surface area (Å²) in [5.74, 6) is -0.0467. The Balaban J connectivity index is 0.00000139. The van der Waals surface area contributed by atoms with E-state index in [0.717, 1.165) is 11.1 Å². The predicted molar refractivity (Wildman–Crippen MR) is 100 cm³/mol. The third-order valence-corrected chi connectivity index (χ3v) is 3.75. The van der Waals surface area contributed by atoms with Crippen molar-refractivity contribution >= 4 is 11.0 Å². The van der Waals surface area contributed by atoms with Gasteiger partial charge in [0, 0.05) is 52.5 Å². The van der Waals surface area contributed by atoms with Crippen LogP contribution in [-0.2, 0) is 46.3 Å². The average molecular weight is 417 g/mol. The van der Waals surface area contributed by atoms with Crippen LogP contribution in [0.15, 0.2) is 35.3 Å². The van der Waals surface area contributed by atoms with Crippen LogP contribution in [0, 0.1) is 14.4 Å². The monoisotopic (exact) mass is 417 g/mol. The summed E-state index contributed by atoms with van der Waals surface area (Å²) in [4.78, 5) is 12.8. The third kappa shape index (κ3) is 4.21. The van der Waals surface area contributed by atoms with E-state index in [2.05, 4.69) is 5.10 Å². The molecule has 1 N–H and O–H groups in total. The fraction of sp³-hybridized carbons (Fsp3) is 0.316. The van der Waals surface area contributed by atoms with Crippen molar-refractivity contribution in [3.63, 3.8) is 0 Å². The van der Waals surface area contributed by atoms with E-state index in [0.29, 0.717) is 23.1 Å². The number of hydrogen-bond donors (Lipinski definition) is 1. The van der Waals surface area contributed by atoms with Gasteiger partial charge in [0.05, 0.1) is 11.1 Å². The molecule has 0 bridgehead atoms. The Morgan fingerprint density at radius 3 is 2.36 bits per heavy atom. The van der Waals surface area contributed by atoms with Crippen LogP contribution in [0.4, 0.5) is 0 Å². The van der Waals surface area contributed by atoms with Gasteiger partial charge in [0.15, 0.2) is 11.3 Å². The van der Waals surface area contributed by atoms with E-state index in [1.807, 2.05) is 52.0 Å². The zero-order valence-electron chi connectivity index (χ0n) is 15.9. The summed E-state index contributed by atoms with van der Waals surface area (Å²) in [5.41, 5.74) is 2.93. The van der Waals surface area contributed by atoms with Gasteiger partial charge in [-0.25, -0.2) is 0 Å². The van der Waals surface area contributed by atoms with Crippen LogP contribution in [0.25, 0.3) is 22.2 Å². The average Bonchev–Trinajstić information content (AvgIpc) is 2.93. The van der Waals surface area contributed by atoms with Crippen molar-refractivity contribution in [1.82, 2.24) is 14.3 Å². The van der Waals surface area contributed by atoms with Crippen molar-refractivity contribution in [1.29, 1.82) is 0 Å². The molecule has 0 aliphatic heterocycles. The molecule has 0 atom stereocenters. The topological polar surface area (TPSA) is 60.1 Å². The maximum atomic E-state index is 12.8. The number of aromatic hydroxyl groups is 1. The van der Waals surface area contributed by atoms with E-state index in [1.54, 1.807) is 22.5 Å². The smallest absolute Gasteiger partial charge is 0.262 e. The van der Waals surface area contributed by atoms with Crippen LogP contribution in [0.5, 0.6) is 5.75 Å². The maximum Gasteiger partial charge on any atom is 0.262 e. The van der Waals surface area contributed by atoms with E-state index in [4.69, 9.17) is 0 Å².